The summed E-state index contributed by atoms with van der Waals surface area (Å²) in [5, 5.41) is 2.85. The number of fused-ring (bicyclic) bond motifs is 1. The van der Waals surface area contributed by atoms with E-state index in [0.717, 1.165) is 11.1 Å². The maximum Gasteiger partial charge on any atom is 0.278 e. The number of anilines is 1. The van der Waals surface area contributed by atoms with Crippen molar-refractivity contribution in [3.63, 3.8) is 0 Å². The average molecular weight is 460 g/mol. The monoisotopic (exact) mass is 459 g/mol. The number of benzene rings is 2. The van der Waals surface area contributed by atoms with E-state index in [1.165, 1.54) is 6.08 Å². The molecule has 0 radical (unpaired) electrons. The van der Waals surface area contributed by atoms with Gasteiger partial charge in [0, 0.05) is 36.8 Å². The summed E-state index contributed by atoms with van der Waals surface area (Å²) in [4.78, 5) is 39.0. The van der Waals surface area contributed by atoms with Gasteiger partial charge in [-0.2, -0.15) is 0 Å². The highest BCUT2D eigenvalue weighted by atomic mass is 16.1. The second-order valence-corrected chi connectivity index (χ2v) is 7.86. The Bertz CT molecular complexity index is 1580. The normalized spacial score (nSPS) is 11.1. The summed E-state index contributed by atoms with van der Waals surface area (Å²) >= 11 is 0. The molecule has 2 aromatic carbocycles. The lowest BCUT2D eigenvalue weighted by atomic mass is 10.1. The molecule has 5 rings (SSSR count). The molecular formula is C28H21N5O2. The van der Waals surface area contributed by atoms with Gasteiger partial charge >= 0.3 is 0 Å². The number of amides is 1. The Balaban J connectivity index is 1.50. The lowest BCUT2D eigenvalue weighted by Crippen LogP contribution is -2.25. The number of carbonyl (C=O) groups is 1. The van der Waals surface area contributed by atoms with Gasteiger partial charge in [-0.15, -0.1) is 0 Å². The first-order valence-electron chi connectivity index (χ1n) is 11.1. The van der Waals surface area contributed by atoms with Crippen LogP contribution in [0.5, 0.6) is 0 Å². The zero-order valence-corrected chi connectivity index (χ0v) is 18.7. The number of hydrogen-bond donors (Lipinski definition) is 1. The van der Waals surface area contributed by atoms with E-state index >= 15 is 0 Å². The number of nitrogens with one attached hydrogen (secondary N) is 1. The Labute approximate surface area is 201 Å². The van der Waals surface area contributed by atoms with Crippen LogP contribution in [0.1, 0.15) is 16.8 Å². The molecule has 0 unspecified atom stereocenters. The molecular weight excluding hydrogens is 438 g/mol. The molecule has 1 N–H and O–H groups in total. The predicted octanol–water partition coefficient (Wildman–Crippen LogP) is 4.42. The molecule has 1 amide bonds. The summed E-state index contributed by atoms with van der Waals surface area (Å²) in [5.74, 6) is -0.284. The summed E-state index contributed by atoms with van der Waals surface area (Å²) in [5.41, 5.74) is 4.26. The molecule has 0 atom stereocenters. The maximum atomic E-state index is 13.5. The molecule has 0 aliphatic carbocycles. The molecule has 5 aromatic rings. The number of rotatable bonds is 6. The largest absolute Gasteiger partial charge is 0.322 e. The van der Waals surface area contributed by atoms with Crippen molar-refractivity contribution in [2.24, 2.45) is 0 Å². The van der Waals surface area contributed by atoms with Gasteiger partial charge in [0.15, 0.2) is 5.65 Å². The Hall–Kier alpha value is -4.91. The van der Waals surface area contributed by atoms with Crippen LogP contribution in [0.4, 0.5) is 5.69 Å². The molecule has 0 bridgehead atoms. The Kier molecular flexibility index (Phi) is 6.21. The van der Waals surface area contributed by atoms with Crippen LogP contribution < -0.4 is 10.9 Å². The summed E-state index contributed by atoms with van der Waals surface area (Å²) in [6, 6.07) is 24.1. The van der Waals surface area contributed by atoms with Crippen LogP contribution in [0, 0.1) is 0 Å². The van der Waals surface area contributed by atoms with Crippen LogP contribution in [0.15, 0.2) is 108 Å². The van der Waals surface area contributed by atoms with E-state index in [-0.39, 0.29) is 11.5 Å². The summed E-state index contributed by atoms with van der Waals surface area (Å²) in [7, 11) is 0. The minimum absolute atomic E-state index is 0.249. The Morgan fingerprint density at radius 3 is 2.57 bits per heavy atom. The maximum absolute atomic E-state index is 13.5. The standard InChI is InChI=1S/C28H21N5O2/c34-26(12-11-20-13-16-29-17-14-20)31-22-8-4-9-23(19-22)33-27-24(10-5-15-30-27)32-25(28(33)35)18-21-6-2-1-3-7-21/h1-17,19H,18H2,(H,31,34). The Morgan fingerprint density at radius 2 is 1.74 bits per heavy atom. The number of nitrogens with zero attached hydrogens (tertiary/aromatic N) is 4. The Morgan fingerprint density at radius 1 is 0.914 bits per heavy atom. The molecule has 0 aliphatic rings. The van der Waals surface area contributed by atoms with E-state index in [1.54, 1.807) is 53.5 Å². The van der Waals surface area contributed by atoms with Gasteiger partial charge in [-0.3, -0.25) is 19.1 Å². The van der Waals surface area contributed by atoms with E-state index in [2.05, 4.69) is 20.3 Å². The van der Waals surface area contributed by atoms with E-state index < -0.39 is 0 Å². The topological polar surface area (TPSA) is 89.8 Å². The molecule has 0 aliphatic heterocycles. The van der Waals surface area contributed by atoms with Crippen LogP contribution >= 0.6 is 0 Å². The minimum atomic E-state index is -0.284. The zero-order valence-electron chi connectivity index (χ0n) is 18.7. The third-order valence-corrected chi connectivity index (χ3v) is 5.40. The number of hydrogen-bond acceptors (Lipinski definition) is 5. The van der Waals surface area contributed by atoms with E-state index in [4.69, 9.17) is 0 Å². The first-order chi connectivity index (χ1) is 17.2. The minimum Gasteiger partial charge on any atom is -0.322 e. The number of aromatic nitrogens is 4. The molecule has 35 heavy (non-hydrogen) atoms. The molecule has 7 heteroatoms. The third kappa shape index (κ3) is 5.04. The van der Waals surface area contributed by atoms with Crippen molar-refractivity contribution in [2.75, 3.05) is 5.32 Å². The van der Waals surface area contributed by atoms with E-state index in [1.807, 2.05) is 54.6 Å². The number of carbonyl (C=O) groups excluding carboxylic acids is 1. The van der Waals surface area contributed by atoms with Crippen molar-refractivity contribution in [3.8, 4) is 5.69 Å². The van der Waals surface area contributed by atoms with Crippen molar-refractivity contribution in [2.45, 2.75) is 6.42 Å². The quantitative estimate of drug-likeness (QED) is 0.380. The predicted molar refractivity (Wildman–Crippen MR) is 136 cm³/mol. The van der Waals surface area contributed by atoms with Crippen LogP contribution in [0.25, 0.3) is 22.9 Å². The van der Waals surface area contributed by atoms with Gasteiger partial charge < -0.3 is 5.32 Å². The van der Waals surface area contributed by atoms with Gasteiger partial charge in [-0.1, -0.05) is 36.4 Å². The molecule has 0 spiro atoms. The fourth-order valence-corrected chi connectivity index (χ4v) is 3.76. The van der Waals surface area contributed by atoms with Crippen LogP contribution in [-0.4, -0.2) is 25.4 Å². The molecule has 0 saturated heterocycles. The second-order valence-electron chi connectivity index (χ2n) is 7.86. The highest BCUT2D eigenvalue weighted by Gasteiger charge is 2.14. The summed E-state index contributed by atoms with van der Waals surface area (Å²) < 4.78 is 1.54. The molecule has 170 valence electrons. The molecule has 0 fully saturated rings. The van der Waals surface area contributed by atoms with Crippen molar-refractivity contribution in [3.05, 3.63) is 131 Å². The third-order valence-electron chi connectivity index (χ3n) is 5.40. The summed E-state index contributed by atoms with van der Waals surface area (Å²) in [6.45, 7) is 0. The van der Waals surface area contributed by atoms with E-state index in [9.17, 15) is 9.59 Å². The van der Waals surface area contributed by atoms with Gasteiger partial charge in [0.1, 0.15) is 11.2 Å². The van der Waals surface area contributed by atoms with Crippen molar-refractivity contribution in [1.82, 2.24) is 19.5 Å². The lowest BCUT2D eigenvalue weighted by Gasteiger charge is -2.13. The first-order valence-corrected chi connectivity index (χ1v) is 11.1. The molecule has 0 saturated carbocycles. The van der Waals surface area contributed by atoms with Gasteiger partial charge in [0.05, 0.1) is 5.69 Å². The molecule has 3 aromatic heterocycles. The smallest absolute Gasteiger partial charge is 0.278 e. The molecule has 3 heterocycles. The SMILES string of the molecule is O=C(C=Cc1ccncc1)Nc1cccc(-n2c(=O)c(Cc3ccccc3)nc3cccnc32)c1. The van der Waals surface area contributed by atoms with Crippen LogP contribution in [-0.2, 0) is 11.2 Å². The van der Waals surface area contributed by atoms with Gasteiger partial charge in [0.2, 0.25) is 5.91 Å². The fourth-order valence-electron chi connectivity index (χ4n) is 3.76. The van der Waals surface area contributed by atoms with Crippen LogP contribution in [0.3, 0.4) is 0 Å². The average Bonchev–Trinajstić information content (AvgIpc) is 2.89. The fraction of sp³-hybridized carbons (Fsp3) is 0.0357. The highest BCUT2D eigenvalue weighted by Crippen LogP contribution is 2.18. The van der Waals surface area contributed by atoms with Gasteiger partial charge in [-0.05, 0) is 59.7 Å². The highest BCUT2D eigenvalue weighted by molar-refractivity contribution is 6.02. The summed E-state index contributed by atoms with van der Waals surface area (Å²) in [6.07, 6.45) is 8.53. The van der Waals surface area contributed by atoms with Crippen molar-refractivity contribution < 1.29 is 4.79 Å². The van der Waals surface area contributed by atoms with Crippen molar-refractivity contribution >= 4 is 28.8 Å². The van der Waals surface area contributed by atoms with Gasteiger partial charge in [0.25, 0.3) is 5.56 Å². The molecule has 7 nitrogen and oxygen atoms in total. The first kappa shape index (κ1) is 21.9. The van der Waals surface area contributed by atoms with Gasteiger partial charge in [-0.25, -0.2) is 9.97 Å². The zero-order chi connectivity index (χ0) is 24.0. The van der Waals surface area contributed by atoms with Crippen molar-refractivity contribution in [1.29, 1.82) is 0 Å². The van der Waals surface area contributed by atoms with E-state index in [0.29, 0.717) is 34.7 Å². The van der Waals surface area contributed by atoms with Crippen LogP contribution in [0.2, 0.25) is 0 Å². The number of pyridine rings is 2. The second kappa shape index (κ2) is 9.93. The lowest BCUT2D eigenvalue weighted by molar-refractivity contribution is -0.111.